The highest BCUT2D eigenvalue weighted by Crippen LogP contribution is 2.39. The van der Waals surface area contributed by atoms with E-state index in [1.165, 1.54) is 19.3 Å². The van der Waals surface area contributed by atoms with E-state index in [1.54, 1.807) is 6.20 Å². The van der Waals surface area contributed by atoms with Crippen molar-refractivity contribution in [3.05, 3.63) is 23.5 Å². The largest absolute Gasteiger partial charge is 0.370 e. The van der Waals surface area contributed by atoms with Gasteiger partial charge in [0.25, 0.3) is 0 Å². The van der Waals surface area contributed by atoms with Crippen LogP contribution in [0.25, 0.3) is 0 Å². The molecule has 2 aliphatic rings. The first-order valence-electron chi connectivity index (χ1n) is 6.34. The Morgan fingerprint density at radius 1 is 1.29 bits per heavy atom. The van der Waals surface area contributed by atoms with E-state index in [-0.39, 0.29) is 0 Å². The normalized spacial score (nSPS) is 32.6. The number of anilines is 1. The summed E-state index contributed by atoms with van der Waals surface area (Å²) in [5.74, 6) is 1.56. The topological polar surface area (TPSA) is 42.1 Å². The molecule has 92 valence electrons. The SMILES string of the molecule is NC1CC[C@@H]2CN(c3ccncc3Cl)C[C@@H]2C1. The Balaban J connectivity index is 1.78. The lowest BCUT2D eigenvalue weighted by Gasteiger charge is -2.27. The van der Waals surface area contributed by atoms with Crippen LogP contribution in [0.15, 0.2) is 18.5 Å². The lowest BCUT2D eigenvalue weighted by atomic mass is 9.79. The maximum Gasteiger partial charge on any atom is 0.0822 e. The number of rotatable bonds is 1. The molecule has 1 aliphatic carbocycles. The van der Waals surface area contributed by atoms with Crippen molar-refractivity contribution in [3.8, 4) is 0 Å². The van der Waals surface area contributed by atoms with E-state index in [9.17, 15) is 0 Å². The third kappa shape index (κ3) is 2.14. The lowest BCUT2D eigenvalue weighted by molar-refractivity contribution is 0.271. The van der Waals surface area contributed by atoms with Gasteiger partial charge in [-0.2, -0.15) is 0 Å². The average Bonchev–Trinajstić information content (AvgIpc) is 2.72. The average molecular weight is 252 g/mol. The van der Waals surface area contributed by atoms with Crippen molar-refractivity contribution in [1.29, 1.82) is 0 Å². The van der Waals surface area contributed by atoms with Crippen LogP contribution >= 0.6 is 11.6 Å². The van der Waals surface area contributed by atoms with Gasteiger partial charge < -0.3 is 10.6 Å². The predicted molar refractivity (Wildman–Crippen MR) is 70.3 cm³/mol. The Morgan fingerprint density at radius 3 is 2.94 bits per heavy atom. The van der Waals surface area contributed by atoms with E-state index in [2.05, 4.69) is 9.88 Å². The molecule has 1 aromatic heterocycles. The third-order valence-electron chi connectivity index (χ3n) is 4.18. The first kappa shape index (κ1) is 11.3. The highest BCUT2D eigenvalue weighted by molar-refractivity contribution is 6.33. The second-order valence-corrected chi connectivity index (χ2v) is 5.73. The molecule has 2 N–H and O–H groups in total. The van der Waals surface area contributed by atoms with Gasteiger partial charge in [-0.05, 0) is 37.2 Å². The molecule has 0 amide bonds. The molecule has 0 aromatic carbocycles. The Bertz CT molecular complexity index is 409. The van der Waals surface area contributed by atoms with Crippen LogP contribution in [0, 0.1) is 11.8 Å². The van der Waals surface area contributed by atoms with Crippen LogP contribution in [0.5, 0.6) is 0 Å². The zero-order valence-electron chi connectivity index (χ0n) is 9.85. The van der Waals surface area contributed by atoms with Gasteiger partial charge in [-0.15, -0.1) is 0 Å². The molecule has 1 aliphatic heterocycles. The van der Waals surface area contributed by atoms with Gasteiger partial charge in [0.05, 0.1) is 10.7 Å². The summed E-state index contributed by atoms with van der Waals surface area (Å²) < 4.78 is 0. The summed E-state index contributed by atoms with van der Waals surface area (Å²) in [6, 6.07) is 2.42. The van der Waals surface area contributed by atoms with Crippen LogP contribution in [-0.4, -0.2) is 24.1 Å². The first-order valence-corrected chi connectivity index (χ1v) is 6.72. The van der Waals surface area contributed by atoms with Crippen LogP contribution in [0.4, 0.5) is 5.69 Å². The summed E-state index contributed by atoms with van der Waals surface area (Å²) in [7, 11) is 0. The maximum absolute atomic E-state index is 6.20. The van der Waals surface area contributed by atoms with Crippen molar-refractivity contribution < 1.29 is 0 Å². The second-order valence-electron chi connectivity index (χ2n) is 5.33. The predicted octanol–water partition coefficient (Wildman–Crippen LogP) is 2.30. The van der Waals surface area contributed by atoms with Crippen molar-refractivity contribution in [3.63, 3.8) is 0 Å². The summed E-state index contributed by atoms with van der Waals surface area (Å²) in [6.45, 7) is 2.23. The smallest absolute Gasteiger partial charge is 0.0822 e. The van der Waals surface area contributed by atoms with E-state index in [4.69, 9.17) is 17.3 Å². The van der Waals surface area contributed by atoms with E-state index >= 15 is 0 Å². The van der Waals surface area contributed by atoms with Gasteiger partial charge in [0, 0.05) is 31.5 Å². The summed E-state index contributed by atoms with van der Waals surface area (Å²) >= 11 is 6.20. The highest BCUT2D eigenvalue weighted by Gasteiger charge is 2.37. The molecule has 1 unspecified atom stereocenters. The van der Waals surface area contributed by atoms with Crippen LogP contribution in [0.3, 0.4) is 0 Å². The molecule has 3 nitrogen and oxygen atoms in total. The number of nitrogens with two attached hydrogens (primary N) is 1. The second kappa shape index (κ2) is 4.46. The molecule has 17 heavy (non-hydrogen) atoms. The Morgan fingerprint density at radius 2 is 2.12 bits per heavy atom. The third-order valence-corrected chi connectivity index (χ3v) is 4.47. The number of hydrogen-bond acceptors (Lipinski definition) is 3. The molecule has 2 heterocycles. The summed E-state index contributed by atoms with van der Waals surface area (Å²) in [4.78, 5) is 6.44. The van der Waals surface area contributed by atoms with Gasteiger partial charge in [-0.1, -0.05) is 11.6 Å². The molecule has 3 rings (SSSR count). The molecule has 4 heteroatoms. The number of fused-ring (bicyclic) bond motifs is 1. The quantitative estimate of drug-likeness (QED) is 0.833. The van der Waals surface area contributed by atoms with E-state index in [1.807, 2.05) is 12.3 Å². The van der Waals surface area contributed by atoms with E-state index < -0.39 is 0 Å². The molecule has 1 aromatic rings. The van der Waals surface area contributed by atoms with Crippen LogP contribution in [0.1, 0.15) is 19.3 Å². The Kier molecular flexibility index (Phi) is 2.97. The van der Waals surface area contributed by atoms with E-state index in [0.717, 1.165) is 35.6 Å². The molecule has 0 spiro atoms. The molecule has 1 saturated carbocycles. The minimum absolute atomic E-state index is 0.407. The highest BCUT2D eigenvalue weighted by atomic mass is 35.5. The fourth-order valence-corrected chi connectivity index (χ4v) is 3.53. The standard InChI is InChI=1S/C13H18ClN3/c14-12-6-16-4-3-13(12)17-7-9-1-2-11(15)5-10(9)8-17/h3-4,6,9-11H,1-2,5,7-8,15H2/t9-,10+,11?/m1/s1. The molecule has 2 fully saturated rings. The van der Waals surface area contributed by atoms with Crippen LogP contribution < -0.4 is 10.6 Å². The monoisotopic (exact) mass is 251 g/mol. The number of halogens is 1. The van der Waals surface area contributed by atoms with Crippen molar-refractivity contribution >= 4 is 17.3 Å². The fourth-order valence-electron chi connectivity index (χ4n) is 3.29. The van der Waals surface area contributed by atoms with Crippen molar-refractivity contribution in [1.82, 2.24) is 4.98 Å². The first-order chi connectivity index (χ1) is 8.24. The zero-order chi connectivity index (χ0) is 11.8. The van der Waals surface area contributed by atoms with Gasteiger partial charge in [-0.3, -0.25) is 4.98 Å². The minimum Gasteiger partial charge on any atom is -0.370 e. The van der Waals surface area contributed by atoms with Gasteiger partial charge >= 0.3 is 0 Å². The molecular weight excluding hydrogens is 234 g/mol. The Hall–Kier alpha value is -0.800. The van der Waals surface area contributed by atoms with Gasteiger partial charge in [0.1, 0.15) is 0 Å². The molecular formula is C13H18ClN3. The summed E-state index contributed by atoms with van der Waals surface area (Å²) in [5, 5.41) is 0.760. The number of pyridine rings is 1. The molecule has 0 bridgehead atoms. The molecule has 1 saturated heterocycles. The zero-order valence-corrected chi connectivity index (χ0v) is 10.6. The van der Waals surface area contributed by atoms with Crippen molar-refractivity contribution in [2.75, 3.05) is 18.0 Å². The minimum atomic E-state index is 0.407. The summed E-state index contributed by atoms with van der Waals surface area (Å²) in [6.07, 6.45) is 7.16. The number of hydrogen-bond donors (Lipinski definition) is 1. The number of aromatic nitrogens is 1. The summed E-state index contributed by atoms with van der Waals surface area (Å²) in [5.41, 5.74) is 7.18. The van der Waals surface area contributed by atoms with Gasteiger partial charge in [0.2, 0.25) is 0 Å². The van der Waals surface area contributed by atoms with Gasteiger partial charge in [0.15, 0.2) is 0 Å². The van der Waals surface area contributed by atoms with Crippen LogP contribution in [-0.2, 0) is 0 Å². The lowest BCUT2D eigenvalue weighted by Crippen LogP contribution is -2.32. The van der Waals surface area contributed by atoms with Gasteiger partial charge in [-0.25, -0.2) is 0 Å². The van der Waals surface area contributed by atoms with E-state index in [0.29, 0.717) is 6.04 Å². The molecule has 3 atom stereocenters. The van der Waals surface area contributed by atoms with Crippen LogP contribution in [0.2, 0.25) is 5.02 Å². The fraction of sp³-hybridized carbons (Fsp3) is 0.615. The Labute approximate surface area is 107 Å². The maximum atomic E-state index is 6.20. The van der Waals surface area contributed by atoms with Crippen molar-refractivity contribution in [2.45, 2.75) is 25.3 Å². The molecule has 0 radical (unpaired) electrons. The van der Waals surface area contributed by atoms with Crippen molar-refractivity contribution in [2.24, 2.45) is 17.6 Å². The number of nitrogens with zero attached hydrogens (tertiary/aromatic N) is 2.